The molecule has 4 nitrogen and oxygen atoms in total. The number of benzene rings is 1. The number of hydrogen-bond acceptors (Lipinski definition) is 4. The van der Waals surface area contributed by atoms with E-state index in [2.05, 4.69) is 22.5 Å². The zero-order valence-corrected chi connectivity index (χ0v) is 13.9. The SMILES string of the molecule is C=C[C@H]1CN2CC[C@H]1C[C@@H]2[C@@](O)(CN)c1ccnc2ccccc12. The third-order valence-electron chi connectivity index (χ3n) is 6.09. The van der Waals surface area contributed by atoms with Gasteiger partial charge in [0.1, 0.15) is 5.60 Å². The summed E-state index contributed by atoms with van der Waals surface area (Å²) in [6.45, 7) is 6.21. The summed E-state index contributed by atoms with van der Waals surface area (Å²) in [6.07, 6.45) is 6.02. The first-order chi connectivity index (χ1) is 11.7. The molecule has 24 heavy (non-hydrogen) atoms. The van der Waals surface area contributed by atoms with Crippen LogP contribution < -0.4 is 5.73 Å². The first kappa shape index (κ1) is 15.8. The number of nitrogens with two attached hydrogens (primary N) is 1. The molecule has 5 atom stereocenters. The van der Waals surface area contributed by atoms with E-state index in [1.165, 1.54) is 6.42 Å². The monoisotopic (exact) mass is 323 g/mol. The van der Waals surface area contributed by atoms with Crippen molar-refractivity contribution in [1.29, 1.82) is 0 Å². The van der Waals surface area contributed by atoms with E-state index in [0.29, 0.717) is 11.8 Å². The lowest BCUT2D eigenvalue weighted by molar-refractivity contribution is -0.103. The predicted molar refractivity (Wildman–Crippen MR) is 96.5 cm³/mol. The minimum absolute atomic E-state index is 0.0586. The first-order valence-electron chi connectivity index (χ1n) is 8.80. The molecule has 3 saturated heterocycles. The highest BCUT2D eigenvalue weighted by Crippen LogP contribution is 2.44. The maximum Gasteiger partial charge on any atom is 0.118 e. The third kappa shape index (κ3) is 2.29. The van der Waals surface area contributed by atoms with Crippen LogP contribution in [0.25, 0.3) is 10.9 Å². The number of piperidine rings is 3. The molecule has 5 rings (SSSR count). The first-order valence-corrected chi connectivity index (χ1v) is 8.80. The van der Waals surface area contributed by atoms with Crippen molar-refractivity contribution in [3.8, 4) is 0 Å². The van der Waals surface area contributed by atoms with Crippen LogP contribution in [0.15, 0.2) is 49.2 Å². The van der Waals surface area contributed by atoms with Crippen LogP contribution in [0, 0.1) is 11.8 Å². The van der Waals surface area contributed by atoms with Crippen LogP contribution in [-0.4, -0.2) is 40.7 Å². The van der Waals surface area contributed by atoms with Crippen LogP contribution in [0.3, 0.4) is 0 Å². The molecule has 0 spiro atoms. The Kier molecular flexibility index (Phi) is 3.91. The van der Waals surface area contributed by atoms with Crippen molar-refractivity contribution in [1.82, 2.24) is 9.88 Å². The van der Waals surface area contributed by atoms with Gasteiger partial charge in [-0.15, -0.1) is 6.58 Å². The topological polar surface area (TPSA) is 62.4 Å². The van der Waals surface area contributed by atoms with Gasteiger partial charge in [-0.3, -0.25) is 9.88 Å². The largest absolute Gasteiger partial charge is 0.382 e. The van der Waals surface area contributed by atoms with Crippen molar-refractivity contribution in [3.05, 3.63) is 54.7 Å². The Bertz CT molecular complexity index is 756. The minimum Gasteiger partial charge on any atom is -0.382 e. The van der Waals surface area contributed by atoms with Gasteiger partial charge in [-0.25, -0.2) is 0 Å². The standard InChI is InChI=1S/C20H25N3O/c1-2-14-12-23-10-8-15(14)11-19(23)20(24,13-21)17-7-9-22-18-6-4-3-5-16(17)18/h2-7,9,14-15,19,24H,1,8,10-13,21H2/t14-,15-,19+,20+/m0/s1. The molecule has 0 aliphatic carbocycles. The van der Waals surface area contributed by atoms with Crippen LogP contribution in [0.5, 0.6) is 0 Å². The lowest BCUT2D eigenvalue weighted by Crippen LogP contribution is -2.62. The third-order valence-corrected chi connectivity index (χ3v) is 6.09. The van der Waals surface area contributed by atoms with Crippen LogP contribution in [0.4, 0.5) is 0 Å². The van der Waals surface area contributed by atoms with Crippen molar-refractivity contribution < 1.29 is 5.11 Å². The van der Waals surface area contributed by atoms with Crippen molar-refractivity contribution in [2.45, 2.75) is 24.5 Å². The quantitative estimate of drug-likeness (QED) is 0.848. The highest BCUT2D eigenvalue weighted by Gasteiger charge is 2.49. The molecule has 4 heteroatoms. The molecule has 3 fully saturated rings. The van der Waals surface area contributed by atoms with Gasteiger partial charge in [-0.05, 0) is 48.9 Å². The summed E-state index contributed by atoms with van der Waals surface area (Å²) >= 11 is 0. The summed E-state index contributed by atoms with van der Waals surface area (Å²) in [7, 11) is 0. The van der Waals surface area contributed by atoms with Gasteiger partial charge < -0.3 is 10.8 Å². The molecule has 1 aromatic heterocycles. The number of pyridine rings is 1. The molecule has 0 saturated carbocycles. The zero-order chi connectivity index (χ0) is 16.7. The molecular formula is C20H25N3O. The van der Waals surface area contributed by atoms with Crippen molar-refractivity contribution in [3.63, 3.8) is 0 Å². The second-order valence-electron chi connectivity index (χ2n) is 7.20. The maximum absolute atomic E-state index is 11.7. The molecule has 0 amide bonds. The Hall–Kier alpha value is -1.75. The van der Waals surface area contributed by atoms with E-state index in [1.54, 1.807) is 6.20 Å². The highest BCUT2D eigenvalue weighted by atomic mass is 16.3. The zero-order valence-electron chi connectivity index (χ0n) is 13.9. The number of rotatable bonds is 4. The molecular weight excluding hydrogens is 298 g/mol. The Labute approximate surface area is 143 Å². The molecule has 0 radical (unpaired) electrons. The number of nitrogens with zero attached hydrogens (tertiary/aromatic N) is 2. The molecule has 3 N–H and O–H groups in total. The Morgan fingerprint density at radius 1 is 1.38 bits per heavy atom. The molecule has 2 aromatic rings. The van der Waals surface area contributed by atoms with Gasteiger partial charge in [-0.2, -0.15) is 0 Å². The van der Waals surface area contributed by atoms with Crippen molar-refractivity contribution >= 4 is 10.9 Å². The van der Waals surface area contributed by atoms with E-state index in [9.17, 15) is 5.11 Å². The Morgan fingerprint density at radius 3 is 2.92 bits per heavy atom. The summed E-state index contributed by atoms with van der Waals surface area (Å²) in [5, 5.41) is 12.7. The second kappa shape index (κ2) is 5.96. The van der Waals surface area contributed by atoms with Gasteiger partial charge in [0.2, 0.25) is 0 Å². The number of para-hydroxylation sites is 1. The molecule has 1 unspecified atom stereocenters. The molecule has 1 aromatic carbocycles. The van der Waals surface area contributed by atoms with Gasteiger partial charge in [0, 0.05) is 30.7 Å². The lowest BCUT2D eigenvalue weighted by Gasteiger charge is -2.54. The molecule has 3 aliphatic rings. The summed E-state index contributed by atoms with van der Waals surface area (Å²) < 4.78 is 0. The van der Waals surface area contributed by atoms with Crippen LogP contribution in [-0.2, 0) is 5.60 Å². The predicted octanol–water partition coefficient (Wildman–Crippen LogP) is 2.28. The number of hydrogen-bond donors (Lipinski definition) is 2. The summed E-state index contributed by atoms with van der Waals surface area (Å²) in [5.74, 6) is 1.13. The van der Waals surface area contributed by atoms with E-state index >= 15 is 0 Å². The van der Waals surface area contributed by atoms with E-state index in [1.807, 2.05) is 30.3 Å². The van der Waals surface area contributed by atoms with Gasteiger partial charge in [0.05, 0.1) is 5.52 Å². The Morgan fingerprint density at radius 2 is 2.21 bits per heavy atom. The van der Waals surface area contributed by atoms with Crippen molar-refractivity contribution in [2.75, 3.05) is 19.6 Å². The maximum atomic E-state index is 11.7. The molecule has 126 valence electrons. The average Bonchev–Trinajstić information content (AvgIpc) is 2.67. The van der Waals surface area contributed by atoms with Gasteiger partial charge in [-0.1, -0.05) is 24.3 Å². The Balaban J connectivity index is 1.78. The van der Waals surface area contributed by atoms with Gasteiger partial charge >= 0.3 is 0 Å². The smallest absolute Gasteiger partial charge is 0.118 e. The van der Waals surface area contributed by atoms with Gasteiger partial charge in [0.15, 0.2) is 0 Å². The van der Waals surface area contributed by atoms with Crippen LogP contribution in [0.2, 0.25) is 0 Å². The highest BCUT2D eigenvalue weighted by molar-refractivity contribution is 5.83. The second-order valence-corrected chi connectivity index (χ2v) is 7.20. The fourth-order valence-corrected chi connectivity index (χ4v) is 4.73. The minimum atomic E-state index is -1.05. The van der Waals surface area contributed by atoms with Crippen LogP contribution in [0.1, 0.15) is 18.4 Å². The van der Waals surface area contributed by atoms with Gasteiger partial charge in [0.25, 0.3) is 0 Å². The summed E-state index contributed by atoms with van der Waals surface area (Å²) in [5.41, 5.74) is 6.90. The molecule has 4 heterocycles. The summed E-state index contributed by atoms with van der Waals surface area (Å²) in [6, 6.07) is 9.97. The van der Waals surface area contributed by atoms with Crippen LogP contribution >= 0.6 is 0 Å². The lowest BCUT2D eigenvalue weighted by atomic mass is 9.69. The molecule has 3 aliphatic heterocycles. The number of aromatic nitrogens is 1. The van der Waals surface area contributed by atoms with Crippen molar-refractivity contribution in [2.24, 2.45) is 17.6 Å². The van der Waals surface area contributed by atoms with E-state index in [-0.39, 0.29) is 12.6 Å². The van der Waals surface area contributed by atoms with E-state index in [0.717, 1.165) is 36.0 Å². The fraction of sp³-hybridized carbons (Fsp3) is 0.450. The fourth-order valence-electron chi connectivity index (χ4n) is 4.73. The summed E-state index contributed by atoms with van der Waals surface area (Å²) in [4.78, 5) is 6.84. The number of fused-ring (bicyclic) bond motifs is 4. The van der Waals surface area contributed by atoms with E-state index in [4.69, 9.17) is 5.73 Å². The normalized spacial score (nSPS) is 31.8. The molecule has 2 bridgehead atoms. The van der Waals surface area contributed by atoms with E-state index < -0.39 is 5.60 Å². The number of aliphatic hydroxyl groups is 1. The average molecular weight is 323 g/mol.